The molecule has 0 aliphatic carbocycles. The maximum absolute atomic E-state index is 2.67. The number of para-hydroxylation sites is 4. The number of aromatic nitrogens is 2. The SMILES string of the molecule is c1ccc(-c2ccc3c(c2)B2c4ccccc4N(c4ccccc4)c4ccc5c6c(ccc7c8ccc9c%10c8n(c76)-c6ccc(-c7ccccc7)cc6B%10c6ccccc6N9c6ccccc6)n-3c5c42)cc1. The van der Waals surface area contributed by atoms with Gasteiger partial charge in [0.1, 0.15) is 0 Å². The van der Waals surface area contributed by atoms with Gasteiger partial charge in [-0.3, -0.25) is 0 Å². The first kappa shape index (κ1) is 38.6. The Hall–Kier alpha value is -9.25. The van der Waals surface area contributed by atoms with Crippen LogP contribution in [-0.4, -0.2) is 22.6 Å². The van der Waals surface area contributed by atoms with Gasteiger partial charge in [0.05, 0.1) is 22.1 Å². The van der Waals surface area contributed by atoms with Gasteiger partial charge in [0, 0.05) is 67.0 Å². The average molecular weight is 911 g/mol. The summed E-state index contributed by atoms with van der Waals surface area (Å²) in [6.07, 6.45) is 0. The summed E-state index contributed by atoms with van der Waals surface area (Å²) in [4.78, 5) is 5.00. The van der Waals surface area contributed by atoms with Gasteiger partial charge in [0.2, 0.25) is 0 Å². The summed E-state index contributed by atoms with van der Waals surface area (Å²) in [7, 11) is 0. The Morgan fingerprint density at radius 1 is 0.264 bits per heavy atom. The van der Waals surface area contributed by atoms with E-state index in [0.29, 0.717) is 0 Å². The van der Waals surface area contributed by atoms with Crippen LogP contribution in [0.2, 0.25) is 0 Å². The summed E-state index contributed by atoms with van der Waals surface area (Å²) < 4.78 is 5.30. The number of hydrogen-bond acceptors (Lipinski definition) is 2. The Balaban J connectivity index is 1.04. The second-order valence-corrected chi connectivity index (χ2v) is 19.9. The van der Waals surface area contributed by atoms with E-state index in [1.807, 2.05) is 0 Å². The first-order valence-electron chi connectivity index (χ1n) is 25.2. The summed E-state index contributed by atoms with van der Waals surface area (Å²) in [5, 5.41) is 5.11. The lowest BCUT2D eigenvalue weighted by Gasteiger charge is -2.40. The van der Waals surface area contributed by atoms with Crippen LogP contribution in [0.15, 0.2) is 243 Å². The van der Waals surface area contributed by atoms with Gasteiger partial charge in [0.15, 0.2) is 0 Å². The average Bonchev–Trinajstić information content (AvgIpc) is 3.99. The summed E-state index contributed by atoms with van der Waals surface area (Å²) in [6.45, 7) is 0.0428. The quantitative estimate of drug-likeness (QED) is 0.164. The fourth-order valence-electron chi connectivity index (χ4n) is 13.7. The molecular formula is C66H40B2N4. The minimum Gasteiger partial charge on any atom is -0.311 e. The van der Waals surface area contributed by atoms with E-state index in [2.05, 4.69) is 262 Å². The number of hydrogen-bond donors (Lipinski definition) is 0. The molecule has 0 unspecified atom stereocenters. The van der Waals surface area contributed by atoms with Gasteiger partial charge in [-0.1, -0.05) is 176 Å². The van der Waals surface area contributed by atoms with E-state index in [4.69, 9.17) is 0 Å². The largest absolute Gasteiger partial charge is 0.311 e. The predicted molar refractivity (Wildman–Crippen MR) is 305 cm³/mol. The minimum atomic E-state index is 0.0181. The van der Waals surface area contributed by atoms with Crippen LogP contribution in [0.4, 0.5) is 34.1 Å². The van der Waals surface area contributed by atoms with Crippen molar-refractivity contribution in [3.05, 3.63) is 243 Å². The Bertz CT molecular complexity index is 4470. The maximum Gasteiger partial charge on any atom is 0.252 e. The van der Waals surface area contributed by atoms with Crippen molar-refractivity contribution in [2.45, 2.75) is 0 Å². The zero-order valence-electron chi connectivity index (χ0n) is 39.0. The van der Waals surface area contributed by atoms with Crippen molar-refractivity contribution in [1.82, 2.24) is 9.13 Å². The van der Waals surface area contributed by atoms with Crippen molar-refractivity contribution in [2.75, 3.05) is 9.80 Å². The van der Waals surface area contributed by atoms with Gasteiger partial charge >= 0.3 is 0 Å². The molecule has 6 heteroatoms. The lowest BCUT2D eigenvalue weighted by atomic mass is 9.33. The summed E-state index contributed by atoms with van der Waals surface area (Å²) in [5.74, 6) is 0. The van der Waals surface area contributed by atoms with Gasteiger partial charge in [-0.05, 0) is 122 Å². The zero-order valence-corrected chi connectivity index (χ0v) is 39.0. The van der Waals surface area contributed by atoms with Crippen LogP contribution in [0.5, 0.6) is 0 Å². The number of benzene rings is 11. The zero-order chi connectivity index (χ0) is 46.8. The van der Waals surface area contributed by atoms with Gasteiger partial charge < -0.3 is 18.9 Å². The molecular weight excluding hydrogens is 870 g/mol. The number of rotatable bonds is 4. The van der Waals surface area contributed by atoms with Crippen molar-refractivity contribution in [2.24, 2.45) is 0 Å². The van der Waals surface area contributed by atoms with E-state index in [9.17, 15) is 0 Å². The van der Waals surface area contributed by atoms with E-state index < -0.39 is 0 Å². The van der Waals surface area contributed by atoms with Crippen molar-refractivity contribution in [1.29, 1.82) is 0 Å². The second-order valence-electron chi connectivity index (χ2n) is 19.9. The molecule has 6 heterocycles. The standard InChI is InChI=1S/C66H40B2N4/c1-5-17-41(18-6-1)43-29-34-56-52(39-43)67-50-25-13-15-27-54(50)70(46-23-11-4-12-24-46)60-38-33-49-61-58(71(56)66(49)63(60)67)36-31-47-48-32-37-59-62-65(48)72(64(47)61)57-35-30-44(42-19-7-2-8-20-42)40-53(57)68(62)51-26-14-16-28-55(51)69(59)45-21-9-3-10-22-45/h1-40H. The van der Waals surface area contributed by atoms with Crippen LogP contribution < -0.4 is 42.6 Å². The molecule has 0 atom stereocenters. The maximum atomic E-state index is 2.67. The fraction of sp³-hybridized carbons (Fsp3) is 0. The van der Waals surface area contributed by atoms with Crippen LogP contribution in [0, 0.1) is 0 Å². The van der Waals surface area contributed by atoms with E-state index in [0.717, 1.165) is 11.4 Å². The van der Waals surface area contributed by atoms with Gasteiger partial charge in [-0.25, -0.2) is 0 Å². The van der Waals surface area contributed by atoms with Gasteiger partial charge in [-0.15, -0.1) is 0 Å². The van der Waals surface area contributed by atoms with E-state index in [1.54, 1.807) is 0 Å². The molecule has 4 aliphatic rings. The molecule has 13 aromatic rings. The molecule has 4 aliphatic heterocycles. The monoisotopic (exact) mass is 910 g/mol. The first-order chi connectivity index (χ1) is 35.8. The molecule has 0 saturated carbocycles. The molecule has 4 nitrogen and oxygen atoms in total. The fourth-order valence-corrected chi connectivity index (χ4v) is 13.7. The third-order valence-electron chi connectivity index (χ3n) is 16.5. The van der Waals surface area contributed by atoms with Crippen LogP contribution in [0.25, 0.3) is 77.2 Å². The molecule has 330 valence electrons. The van der Waals surface area contributed by atoms with Crippen LogP contribution >= 0.6 is 0 Å². The summed E-state index contributed by atoms with van der Waals surface area (Å²) in [6, 6.07) is 90.9. The third-order valence-corrected chi connectivity index (χ3v) is 16.5. The highest BCUT2D eigenvalue weighted by Gasteiger charge is 2.45. The Morgan fingerprint density at radius 3 is 1.22 bits per heavy atom. The van der Waals surface area contributed by atoms with Crippen molar-refractivity contribution < 1.29 is 0 Å². The smallest absolute Gasteiger partial charge is 0.252 e. The summed E-state index contributed by atoms with van der Waals surface area (Å²) >= 11 is 0. The molecule has 0 saturated heterocycles. The molecule has 0 amide bonds. The molecule has 2 aromatic heterocycles. The highest BCUT2D eigenvalue weighted by Crippen LogP contribution is 2.48. The van der Waals surface area contributed by atoms with E-state index in [-0.39, 0.29) is 13.4 Å². The number of fused-ring (bicyclic) bond motifs is 17. The normalized spacial score (nSPS) is 13.4. The number of anilines is 6. The molecule has 0 fully saturated rings. The molecule has 17 rings (SSSR count). The van der Waals surface area contributed by atoms with Crippen molar-refractivity contribution in [3.63, 3.8) is 0 Å². The van der Waals surface area contributed by atoms with Crippen LogP contribution in [-0.2, 0) is 0 Å². The second kappa shape index (κ2) is 14.2. The van der Waals surface area contributed by atoms with Crippen molar-refractivity contribution >= 4 is 124 Å². The van der Waals surface area contributed by atoms with Crippen molar-refractivity contribution in [3.8, 4) is 33.6 Å². The number of nitrogens with zero attached hydrogens (tertiary/aromatic N) is 4. The predicted octanol–water partition coefficient (Wildman–Crippen LogP) is 12.4. The van der Waals surface area contributed by atoms with Crippen LogP contribution in [0.3, 0.4) is 0 Å². The molecule has 0 spiro atoms. The lowest BCUT2D eigenvalue weighted by molar-refractivity contribution is 1.18. The Morgan fingerprint density at radius 2 is 0.681 bits per heavy atom. The van der Waals surface area contributed by atoms with E-state index in [1.165, 1.54) is 133 Å². The van der Waals surface area contributed by atoms with Crippen LogP contribution in [0.1, 0.15) is 0 Å². The van der Waals surface area contributed by atoms with Gasteiger partial charge in [0.25, 0.3) is 13.4 Å². The highest BCUT2D eigenvalue weighted by molar-refractivity contribution is 7.01. The molecule has 72 heavy (non-hydrogen) atoms. The lowest BCUT2D eigenvalue weighted by Crippen LogP contribution is -2.60. The van der Waals surface area contributed by atoms with Gasteiger partial charge in [-0.2, -0.15) is 0 Å². The Labute approximate surface area is 417 Å². The Kier molecular flexibility index (Phi) is 7.60. The first-order valence-corrected chi connectivity index (χ1v) is 25.2. The highest BCUT2D eigenvalue weighted by atomic mass is 15.2. The molecule has 0 radical (unpaired) electrons. The molecule has 0 N–H and O–H groups in total. The topological polar surface area (TPSA) is 16.3 Å². The molecule has 0 bridgehead atoms. The minimum absolute atomic E-state index is 0.0181. The summed E-state index contributed by atoms with van der Waals surface area (Å²) in [5.41, 5.74) is 27.7. The molecule has 11 aromatic carbocycles. The third kappa shape index (κ3) is 4.93. The van der Waals surface area contributed by atoms with E-state index >= 15 is 0 Å².